The molecule has 0 saturated carbocycles. The fourth-order valence-electron chi connectivity index (χ4n) is 2.52. The van der Waals surface area contributed by atoms with E-state index in [1.165, 1.54) is 0 Å². The Morgan fingerprint density at radius 3 is 2.60 bits per heavy atom. The number of likely N-dealkylation sites (tertiary alicyclic amines) is 1. The van der Waals surface area contributed by atoms with Gasteiger partial charge >= 0.3 is 0 Å². The Hall–Kier alpha value is -0.480. The summed E-state index contributed by atoms with van der Waals surface area (Å²) in [7, 11) is 0. The van der Waals surface area contributed by atoms with Crippen molar-refractivity contribution in [2.45, 2.75) is 38.9 Å². The molecular formula is C15H21Cl2NO2. The number of aliphatic hydroxyl groups is 1. The number of ether oxygens (including phenoxy) is 1. The summed E-state index contributed by atoms with van der Waals surface area (Å²) in [6.45, 7) is 6.39. The molecule has 112 valence electrons. The second-order valence-electron chi connectivity index (χ2n) is 5.45. The molecule has 1 heterocycles. The van der Waals surface area contributed by atoms with Gasteiger partial charge in [0.15, 0.2) is 0 Å². The lowest BCUT2D eigenvalue weighted by atomic mass is 10.1. The van der Waals surface area contributed by atoms with E-state index in [1.54, 1.807) is 6.07 Å². The molecule has 3 nitrogen and oxygen atoms in total. The number of rotatable bonds is 4. The number of β-amino-alcohol motifs (C(OH)–C–C–N with tert-alkyl or cyclic N) is 1. The summed E-state index contributed by atoms with van der Waals surface area (Å²) in [4.78, 5) is 2.27. The van der Waals surface area contributed by atoms with Crippen molar-refractivity contribution in [2.75, 3.05) is 19.6 Å². The van der Waals surface area contributed by atoms with E-state index in [0.29, 0.717) is 10.0 Å². The van der Waals surface area contributed by atoms with Crippen LogP contribution in [0.2, 0.25) is 10.0 Å². The van der Waals surface area contributed by atoms with Crippen molar-refractivity contribution >= 4 is 23.2 Å². The first-order chi connectivity index (χ1) is 9.47. The van der Waals surface area contributed by atoms with Crippen molar-refractivity contribution in [1.29, 1.82) is 0 Å². The van der Waals surface area contributed by atoms with Crippen LogP contribution in [0, 0.1) is 6.92 Å². The molecule has 1 saturated heterocycles. The third-order valence-corrected chi connectivity index (χ3v) is 4.54. The number of piperidine rings is 1. The maximum Gasteiger partial charge on any atom is 0.124 e. The number of hydrogen-bond donors (Lipinski definition) is 1. The highest BCUT2D eigenvalue weighted by Crippen LogP contribution is 2.33. The van der Waals surface area contributed by atoms with E-state index in [4.69, 9.17) is 27.9 Å². The minimum Gasteiger partial charge on any atom is -0.490 e. The van der Waals surface area contributed by atoms with E-state index in [2.05, 4.69) is 4.90 Å². The summed E-state index contributed by atoms with van der Waals surface area (Å²) in [6, 6.07) is 3.65. The van der Waals surface area contributed by atoms with Crippen LogP contribution < -0.4 is 4.74 Å². The molecule has 0 amide bonds. The minimum atomic E-state index is -0.273. The van der Waals surface area contributed by atoms with Crippen molar-refractivity contribution in [3.05, 3.63) is 27.7 Å². The zero-order valence-corrected chi connectivity index (χ0v) is 13.4. The van der Waals surface area contributed by atoms with Gasteiger partial charge in [-0.1, -0.05) is 23.2 Å². The predicted molar refractivity (Wildman–Crippen MR) is 83.0 cm³/mol. The summed E-state index contributed by atoms with van der Waals surface area (Å²) in [5, 5.41) is 10.5. The largest absolute Gasteiger partial charge is 0.490 e. The van der Waals surface area contributed by atoms with Gasteiger partial charge in [0.2, 0.25) is 0 Å². The van der Waals surface area contributed by atoms with Gasteiger partial charge in [0.1, 0.15) is 11.9 Å². The fraction of sp³-hybridized carbons (Fsp3) is 0.600. The average molecular weight is 318 g/mol. The molecule has 1 aliphatic rings. The van der Waals surface area contributed by atoms with Crippen molar-refractivity contribution in [1.82, 2.24) is 4.90 Å². The van der Waals surface area contributed by atoms with E-state index in [0.717, 1.165) is 43.8 Å². The van der Waals surface area contributed by atoms with Crippen LogP contribution in [0.15, 0.2) is 12.1 Å². The SMILES string of the molecule is Cc1c(OC2CCN(CC(C)O)CC2)ccc(Cl)c1Cl. The Morgan fingerprint density at radius 1 is 1.35 bits per heavy atom. The van der Waals surface area contributed by atoms with Crippen molar-refractivity contribution in [3.8, 4) is 5.75 Å². The van der Waals surface area contributed by atoms with Gasteiger partial charge in [0, 0.05) is 25.2 Å². The Bertz CT molecular complexity index is 457. The van der Waals surface area contributed by atoms with E-state index in [1.807, 2.05) is 19.9 Å². The molecule has 1 N–H and O–H groups in total. The van der Waals surface area contributed by atoms with Gasteiger partial charge in [-0.2, -0.15) is 0 Å². The van der Waals surface area contributed by atoms with Crippen molar-refractivity contribution < 1.29 is 9.84 Å². The van der Waals surface area contributed by atoms with Gasteiger partial charge in [-0.15, -0.1) is 0 Å². The Balaban J connectivity index is 1.91. The molecule has 1 aromatic carbocycles. The zero-order valence-electron chi connectivity index (χ0n) is 11.9. The molecule has 0 aromatic heterocycles. The molecule has 2 rings (SSSR count). The van der Waals surface area contributed by atoms with Gasteiger partial charge in [-0.25, -0.2) is 0 Å². The van der Waals surface area contributed by atoms with Crippen molar-refractivity contribution in [2.24, 2.45) is 0 Å². The first-order valence-corrected chi connectivity index (χ1v) is 7.74. The maximum atomic E-state index is 9.40. The van der Waals surface area contributed by atoms with Gasteiger partial charge in [0.25, 0.3) is 0 Å². The second-order valence-corrected chi connectivity index (χ2v) is 6.24. The summed E-state index contributed by atoms with van der Waals surface area (Å²) >= 11 is 12.1. The van der Waals surface area contributed by atoms with Gasteiger partial charge in [-0.3, -0.25) is 0 Å². The maximum absolute atomic E-state index is 9.40. The van der Waals surface area contributed by atoms with E-state index in [9.17, 15) is 5.11 Å². The number of halogens is 2. The highest BCUT2D eigenvalue weighted by atomic mass is 35.5. The summed E-state index contributed by atoms with van der Waals surface area (Å²) in [6.07, 6.45) is 1.86. The molecule has 20 heavy (non-hydrogen) atoms. The molecule has 1 unspecified atom stereocenters. The van der Waals surface area contributed by atoms with Gasteiger partial charge in [-0.05, 0) is 38.8 Å². The normalized spacial score (nSPS) is 19.1. The summed E-state index contributed by atoms with van der Waals surface area (Å²) in [5.41, 5.74) is 0.894. The van der Waals surface area contributed by atoms with Gasteiger partial charge in [0.05, 0.1) is 16.1 Å². The summed E-state index contributed by atoms with van der Waals surface area (Å²) < 4.78 is 6.04. The zero-order chi connectivity index (χ0) is 14.7. The van der Waals surface area contributed by atoms with Crippen LogP contribution in [-0.4, -0.2) is 41.8 Å². The molecule has 1 aliphatic heterocycles. The van der Waals surface area contributed by atoms with Crippen molar-refractivity contribution in [3.63, 3.8) is 0 Å². The molecule has 0 spiro atoms. The summed E-state index contributed by atoms with van der Waals surface area (Å²) in [5.74, 6) is 0.813. The molecule has 5 heteroatoms. The Kier molecular flexibility index (Phi) is 5.56. The van der Waals surface area contributed by atoms with Crippen LogP contribution in [0.3, 0.4) is 0 Å². The second kappa shape index (κ2) is 6.99. The lowest BCUT2D eigenvalue weighted by molar-refractivity contribution is 0.0670. The first kappa shape index (κ1) is 15.9. The number of benzene rings is 1. The molecule has 1 aromatic rings. The van der Waals surface area contributed by atoms with Crippen LogP contribution >= 0.6 is 23.2 Å². The highest BCUT2D eigenvalue weighted by Gasteiger charge is 2.22. The molecule has 0 aliphatic carbocycles. The van der Waals surface area contributed by atoms with Gasteiger partial charge < -0.3 is 14.7 Å². The van der Waals surface area contributed by atoms with Crippen LogP contribution in [0.5, 0.6) is 5.75 Å². The van der Waals surface area contributed by atoms with Crippen LogP contribution in [-0.2, 0) is 0 Å². The fourth-order valence-corrected chi connectivity index (χ4v) is 2.89. The third kappa shape index (κ3) is 4.01. The van der Waals surface area contributed by atoms with E-state index >= 15 is 0 Å². The quantitative estimate of drug-likeness (QED) is 0.922. The minimum absolute atomic E-state index is 0.205. The molecule has 1 fully saturated rings. The molecule has 1 atom stereocenters. The van der Waals surface area contributed by atoms with Crippen LogP contribution in [0.4, 0.5) is 0 Å². The molecular weight excluding hydrogens is 297 g/mol. The van der Waals surface area contributed by atoms with E-state index < -0.39 is 0 Å². The Morgan fingerprint density at radius 2 is 2.00 bits per heavy atom. The first-order valence-electron chi connectivity index (χ1n) is 6.99. The topological polar surface area (TPSA) is 32.7 Å². The van der Waals surface area contributed by atoms with Crippen LogP contribution in [0.25, 0.3) is 0 Å². The smallest absolute Gasteiger partial charge is 0.124 e. The number of nitrogens with zero attached hydrogens (tertiary/aromatic N) is 1. The monoisotopic (exact) mass is 317 g/mol. The third-order valence-electron chi connectivity index (χ3n) is 3.64. The number of hydrogen-bond acceptors (Lipinski definition) is 3. The molecule has 0 radical (unpaired) electrons. The lowest BCUT2D eigenvalue weighted by Gasteiger charge is -2.33. The van der Waals surface area contributed by atoms with Crippen LogP contribution in [0.1, 0.15) is 25.3 Å². The average Bonchev–Trinajstić information content (AvgIpc) is 2.41. The Labute approximate surface area is 130 Å². The molecule has 0 bridgehead atoms. The number of aliphatic hydroxyl groups excluding tert-OH is 1. The highest BCUT2D eigenvalue weighted by molar-refractivity contribution is 6.42. The van der Waals surface area contributed by atoms with E-state index in [-0.39, 0.29) is 12.2 Å². The lowest BCUT2D eigenvalue weighted by Crippen LogP contribution is -2.41. The standard InChI is InChI=1S/C15H21Cl2NO2/c1-10(19)9-18-7-5-12(6-8-18)20-14-4-3-13(16)15(17)11(14)2/h3-4,10,12,19H,5-9H2,1-2H3. The predicted octanol–water partition coefficient (Wildman–Crippen LogP) is 3.53.